The Hall–Kier alpha value is -3.08. The van der Waals surface area contributed by atoms with Crippen LogP contribution in [0.5, 0.6) is 0 Å². The first-order chi connectivity index (χ1) is 14.1. The van der Waals surface area contributed by atoms with E-state index in [9.17, 15) is 4.79 Å². The standard InChI is InChI=1S/C24H30N4O/c1-5-16-27(17-6-2)21-14-12-20(13-15-21)18-25-23-19(3)26(4)28(24(23)29)22-10-8-7-9-11-22/h7-15,18H,5-6,16-17H2,1-4H3. The molecule has 0 unspecified atom stereocenters. The molecule has 0 atom stereocenters. The number of aliphatic imine (C=N–C) groups is 1. The highest BCUT2D eigenvalue weighted by Crippen LogP contribution is 2.18. The third kappa shape index (κ3) is 4.50. The molecule has 5 heteroatoms. The number of hydrogen-bond acceptors (Lipinski definition) is 3. The van der Waals surface area contributed by atoms with Gasteiger partial charge in [-0.25, -0.2) is 9.67 Å². The molecule has 0 bridgehead atoms. The van der Waals surface area contributed by atoms with Gasteiger partial charge in [0.25, 0.3) is 5.56 Å². The van der Waals surface area contributed by atoms with Gasteiger partial charge in [0.2, 0.25) is 0 Å². The maximum Gasteiger partial charge on any atom is 0.297 e. The summed E-state index contributed by atoms with van der Waals surface area (Å²) in [5.41, 5.74) is 4.24. The topological polar surface area (TPSA) is 42.5 Å². The summed E-state index contributed by atoms with van der Waals surface area (Å²) in [5, 5.41) is 0. The van der Waals surface area contributed by atoms with Crippen LogP contribution in [0.15, 0.2) is 64.4 Å². The predicted molar refractivity (Wildman–Crippen MR) is 122 cm³/mol. The summed E-state index contributed by atoms with van der Waals surface area (Å²) in [4.78, 5) is 19.9. The lowest BCUT2D eigenvalue weighted by Gasteiger charge is -2.23. The quantitative estimate of drug-likeness (QED) is 0.516. The van der Waals surface area contributed by atoms with E-state index >= 15 is 0 Å². The third-order valence-corrected chi connectivity index (χ3v) is 5.11. The molecule has 0 aliphatic carbocycles. The van der Waals surface area contributed by atoms with E-state index in [1.54, 1.807) is 10.9 Å². The van der Waals surface area contributed by atoms with Crippen molar-refractivity contribution in [2.75, 3.05) is 18.0 Å². The average molecular weight is 391 g/mol. The van der Waals surface area contributed by atoms with Gasteiger partial charge < -0.3 is 4.90 Å². The van der Waals surface area contributed by atoms with Crippen molar-refractivity contribution in [3.8, 4) is 5.69 Å². The third-order valence-electron chi connectivity index (χ3n) is 5.11. The minimum absolute atomic E-state index is 0.110. The number of benzene rings is 2. The molecule has 152 valence electrons. The van der Waals surface area contributed by atoms with Crippen LogP contribution < -0.4 is 10.5 Å². The van der Waals surface area contributed by atoms with Crippen molar-refractivity contribution < 1.29 is 0 Å². The summed E-state index contributed by atoms with van der Waals surface area (Å²) in [6, 6.07) is 18.0. The van der Waals surface area contributed by atoms with E-state index in [1.165, 1.54) is 5.69 Å². The number of para-hydroxylation sites is 1. The van der Waals surface area contributed by atoms with E-state index in [0.717, 1.165) is 42.9 Å². The molecule has 2 aromatic carbocycles. The molecule has 1 aromatic heterocycles. The largest absolute Gasteiger partial charge is 0.372 e. The van der Waals surface area contributed by atoms with Crippen LogP contribution in [-0.4, -0.2) is 28.7 Å². The van der Waals surface area contributed by atoms with Gasteiger partial charge >= 0.3 is 0 Å². The van der Waals surface area contributed by atoms with Crippen LogP contribution in [0.1, 0.15) is 37.9 Å². The van der Waals surface area contributed by atoms with E-state index in [1.807, 2.05) is 49.0 Å². The number of aromatic nitrogens is 2. The first kappa shape index (κ1) is 20.6. The second kappa shape index (κ2) is 9.41. The summed E-state index contributed by atoms with van der Waals surface area (Å²) >= 11 is 0. The molecule has 0 N–H and O–H groups in total. The summed E-state index contributed by atoms with van der Waals surface area (Å²) in [6.45, 7) is 8.44. The molecule has 0 fully saturated rings. The van der Waals surface area contributed by atoms with Gasteiger partial charge in [0, 0.05) is 32.0 Å². The van der Waals surface area contributed by atoms with Crippen molar-refractivity contribution in [1.29, 1.82) is 0 Å². The zero-order valence-electron chi connectivity index (χ0n) is 17.8. The van der Waals surface area contributed by atoms with Gasteiger partial charge in [0.1, 0.15) is 0 Å². The molecule has 1 heterocycles. The van der Waals surface area contributed by atoms with E-state index < -0.39 is 0 Å². The lowest BCUT2D eigenvalue weighted by Crippen LogP contribution is -2.24. The minimum atomic E-state index is -0.110. The van der Waals surface area contributed by atoms with Crippen molar-refractivity contribution >= 4 is 17.6 Å². The maximum atomic E-state index is 12.9. The zero-order valence-corrected chi connectivity index (χ0v) is 17.8. The SMILES string of the molecule is CCCN(CCC)c1ccc(C=Nc2c(C)n(C)n(-c3ccccc3)c2=O)cc1. The number of hydrogen-bond donors (Lipinski definition) is 0. The molecule has 3 aromatic rings. The van der Waals surface area contributed by atoms with Crippen LogP contribution in [0.25, 0.3) is 5.69 Å². The van der Waals surface area contributed by atoms with Gasteiger partial charge in [0.15, 0.2) is 5.69 Å². The van der Waals surface area contributed by atoms with Gasteiger partial charge in [-0.3, -0.25) is 9.48 Å². The normalized spacial score (nSPS) is 11.3. The Kier molecular flexibility index (Phi) is 6.70. The Morgan fingerprint density at radius 1 is 0.966 bits per heavy atom. The lowest BCUT2D eigenvalue weighted by molar-refractivity contribution is 0.630. The summed E-state index contributed by atoms with van der Waals surface area (Å²) in [5.74, 6) is 0. The molecule has 0 radical (unpaired) electrons. The molecular weight excluding hydrogens is 360 g/mol. The molecule has 0 aliphatic heterocycles. The van der Waals surface area contributed by atoms with Crippen molar-refractivity contribution in [3.63, 3.8) is 0 Å². The Morgan fingerprint density at radius 2 is 1.59 bits per heavy atom. The highest BCUT2D eigenvalue weighted by atomic mass is 16.1. The van der Waals surface area contributed by atoms with E-state index in [-0.39, 0.29) is 5.56 Å². The Morgan fingerprint density at radius 3 is 2.17 bits per heavy atom. The average Bonchev–Trinajstić information content (AvgIpc) is 2.95. The van der Waals surface area contributed by atoms with E-state index in [2.05, 4.69) is 48.0 Å². The summed E-state index contributed by atoms with van der Waals surface area (Å²) < 4.78 is 3.50. The van der Waals surface area contributed by atoms with Gasteiger partial charge in [-0.2, -0.15) is 0 Å². The molecule has 0 aliphatic rings. The molecule has 0 spiro atoms. The smallest absolute Gasteiger partial charge is 0.297 e. The number of anilines is 1. The van der Waals surface area contributed by atoms with Gasteiger partial charge in [-0.15, -0.1) is 0 Å². The fraction of sp³-hybridized carbons (Fsp3) is 0.333. The maximum absolute atomic E-state index is 12.9. The van der Waals surface area contributed by atoms with Crippen molar-refractivity contribution in [2.45, 2.75) is 33.6 Å². The van der Waals surface area contributed by atoms with Crippen LogP contribution in [0.2, 0.25) is 0 Å². The van der Waals surface area contributed by atoms with E-state index in [0.29, 0.717) is 5.69 Å². The number of rotatable bonds is 8. The number of nitrogens with zero attached hydrogens (tertiary/aromatic N) is 4. The van der Waals surface area contributed by atoms with Crippen LogP contribution in [0.3, 0.4) is 0 Å². The fourth-order valence-electron chi connectivity index (χ4n) is 3.52. The first-order valence-electron chi connectivity index (χ1n) is 10.3. The molecule has 0 amide bonds. The minimum Gasteiger partial charge on any atom is -0.372 e. The second-order valence-electron chi connectivity index (χ2n) is 7.25. The molecule has 0 saturated heterocycles. The monoisotopic (exact) mass is 390 g/mol. The van der Waals surface area contributed by atoms with Crippen LogP contribution >= 0.6 is 0 Å². The van der Waals surface area contributed by atoms with Crippen LogP contribution in [-0.2, 0) is 7.05 Å². The van der Waals surface area contributed by atoms with Gasteiger partial charge in [0.05, 0.1) is 11.4 Å². The highest BCUT2D eigenvalue weighted by Gasteiger charge is 2.14. The summed E-state index contributed by atoms with van der Waals surface area (Å²) in [6.07, 6.45) is 4.03. The first-order valence-corrected chi connectivity index (χ1v) is 10.3. The fourth-order valence-corrected chi connectivity index (χ4v) is 3.52. The molecule has 3 rings (SSSR count). The van der Waals surface area contributed by atoms with Crippen LogP contribution in [0, 0.1) is 6.92 Å². The molecule has 29 heavy (non-hydrogen) atoms. The van der Waals surface area contributed by atoms with E-state index in [4.69, 9.17) is 0 Å². The molecular formula is C24H30N4O. The molecule has 5 nitrogen and oxygen atoms in total. The second-order valence-corrected chi connectivity index (χ2v) is 7.25. The summed E-state index contributed by atoms with van der Waals surface area (Å²) in [7, 11) is 1.88. The Balaban J connectivity index is 1.86. The highest BCUT2D eigenvalue weighted by molar-refractivity contribution is 5.82. The van der Waals surface area contributed by atoms with Gasteiger partial charge in [-0.1, -0.05) is 44.2 Å². The zero-order chi connectivity index (χ0) is 20.8. The predicted octanol–water partition coefficient (Wildman–Crippen LogP) is 4.86. The molecule has 0 saturated carbocycles. The van der Waals surface area contributed by atoms with Crippen molar-refractivity contribution in [1.82, 2.24) is 9.36 Å². The lowest BCUT2D eigenvalue weighted by atomic mass is 10.2. The van der Waals surface area contributed by atoms with Gasteiger partial charge in [-0.05, 0) is 49.6 Å². The van der Waals surface area contributed by atoms with Crippen molar-refractivity contribution in [3.05, 3.63) is 76.2 Å². The van der Waals surface area contributed by atoms with Crippen molar-refractivity contribution in [2.24, 2.45) is 12.0 Å². The van der Waals surface area contributed by atoms with Crippen LogP contribution in [0.4, 0.5) is 11.4 Å². The Bertz CT molecular complexity index is 1010. The Labute approximate surface area is 172 Å².